The van der Waals surface area contributed by atoms with Crippen molar-refractivity contribution in [3.8, 4) is 11.5 Å². The van der Waals surface area contributed by atoms with Gasteiger partial charge in [-0.25, -0.2) is 4.98 Å². The van der Waals surface area contributed by atoms with Crippen LogP contribution in [-0.2, 0) is 6.42 Å². The molecular formula is C31H24ClN3O2. The molecule has 0 atom stereocenters. The molecule has 6 rings (SSSR count). The number of carbonyl (C=O) groups is 1. The van der Waals surface area contributed by atoms with E-state index in [1.807, 2.05) is 54.6 Å². The maximum atomic E-state index is 13.1. The van der Waals surface area contributed by atoms with Crippen molar-refractivity contribution in [2.45, 2.75) is 13.3 Å². The van der Waals surface area contributed by atoms with E-state index >= 15 is 0 Å². The van der Waals surface area contributed by atoms with Crippen molar-refractivity contribution < 1.29 is 9.53 Å². The van der Waals surface area contributed by atoms with E-state index in [9.17, 15) is 4.79 Å². The van der Waals surface area contributed by atoms with Crippen LogP contribution in [0.4, 0.5) is 17.2 Å². The largest absolute Gasteiger partial charge is 0.455 e. The van der Waals surface area contributed by atoms with Crippen LogP contribution >= 0.6 is 11.6 Å². The van der Waals surface area contributed by atoms with Crippen LogP contribution < -0.4 is 15.0 Å². The molecule has 6 heteroatoms. The first kappa shape index (κ1) is 23.1. The first-order valence-corrected chi connectivity index (χ1v) is 12.5. The van der Waals surface area contributed by atoms with Crippen molar-refractivity contribution in [1.82, 2.24) is 4.98 Å². The van der Waals surface area contributed by atoms with Crippen LogP contribution in [0.1, 0.15) is 21.5 Å². The van der Waals surface area contributed by atoms with Crippen molar-refractivity contribution in [3.63, 3.8) is 0 Å². The van der Waals surface area contributed by atoms with E-state index in [4.69, 9.17) is 21.3 Å². The number of rotatable bonds is 5. The minimum absolute atomic E-state index is 0.242. The zero-order chi connectivity index (χ0) is 25.4. The zero-order valence-corrected chi connectivity index (χ0v) is 21.0. The Hall–Kier alpha value is -4.35. The Bertz CT molecular complexity index is 1620. The number of halogens is 1. The number of nitrogens with zero attached hydrogens (tertiary/aromatic N) is 2. The fraction of sp³-hybridized carbons (Fsp3) is 0.0968. The Kier molecular flexibility index (Phi) is 5.99. The summed E-state index contributed by atoms with van der Waals surface area (Å²) < 4.78 is 5.97. The molecule has 0 spiro atoms. The number of aromatic nitrogens is 1. The van der Waals surface area contributed by atoms with Gasteiger partial charge in [0.1, 0.15) is 11.6 Å². The van der Waals surface area contributed by atoms with Gasteiger partial charge < -0.3 is 15.0 Å². The van der Waals surface area contributed by atoms with Gasteiger partial charge in [-0.15, -0.1) is 0 Å². The van der Waals surface area contributed by atoms with Crippen LogP contribution in [0.25, 0.3) is 10.9 Å². The predicted octanol–water partition coefficient (Wildman–Crippen LogP) is 7.94. The summed E-state index contributed by atoms with van der Waals surface area (Å²) >= 11 is 6.21. The monoisotopic (exact) mass is 505 g/mol. The topological polar surface area (TPSA) is 54.5 Å². The number of para-hydroxylation sites is 1. The summed E-state index contributed by atoms with van der Waals surface area (Å²) in [6.45, 7) is 2.93. The molecule has 1 N–H and O–H groups in total. The maximum absolute atomic E-state index is 13.1. The van der Waals surface area contributed by atoms with Gasteiger partial charge in [0.2, 0.25) is 0 Å². The van der Waals surface area contributed by atoms with Gasteiger partial charge in [-0.05, 0) is 91.2 Å². The van der Waals surface area contributed by atoms with E-state index in [-0.39, 0.29) is 5.91 Å². The molecule has 5 aromatic rings. The SMILES string of the molecule is Cc1ccc2cc3c(nc2c1)N(c1ccc(C(=O)Nc2cc(Cl)ccc2Oc2ccccc2)cc1)CC3. The van der Waals surface area contributed by atoms with Crippen LogP contribution in [0, 0.1) is 6.92 Å². The zero-order valence-electron chi connectivity index (χ0n) is 20.2. The van der Waals surface area contributed by atoms with E-state index < -0.39 is 0 Å². The quantitative estimate of drug-likeness (QED) is 0.263. The number of carbonyl (C=O) groups excluding carboxylic acids is 1. The Morgan fingerprint density at radius 3 is 2.57 bits per heavy atom. The molecule has 0 bridgehead atoms. The van der Waals surface area contributed by atoms with Gasteiger partial charge in [-0.2, -0.15) is 0 Å². The number of fused-ring (bicyclic) bond motifs is 2. The van der Waals surface area contributed by atoms with Gasteiger partial charge in [-0.1, -0.05) is 41.9 Å². The highest BCUT2D eigenvalue weighted by molar-refractivity contribution is 6.31. The average Bonchev–Trinajstić information content (AvgIpc) is 3.32. The van der Waals surface area contributed by atoms with Gasteiger partial charge in [0.15, 0.2) is 5.75 Å². The third kappa shape index (κ3) is 4.74. The second kappa shape index (κ2) is 9.60. The highest BCUT2D eigenvalue weighted by atomic mass is 35.5. The highest BCUT2D eigenvalue weighted by Crippen LogP contribution is 2.36. The summed E-state index contributed by atoms with van der Waals surface area (Å²) in [6.07, 6.45) is 0.938. The van der Waals surface area contributed by atoms with Crippen LogP contribution in [0.3, 0.4) is 0 Å². The number of nitrogens with one attached hydrogen (secondary N) is 1. The number of aryl methyl sites for hydroxylation is 1. The standard InChI is InChI=1S/C31H24ClN3O2/c1-20-7-8-22-18-23-15-16-35(30(23)33-27(22)17-20)25-12-9-21(10-13-25)31(36)34-28-19-24(32)11-14-29(28)37-26-5-3-2-4-6-26/h2-14,17-19H,15-16H2,1H3,(H,34,36). The second-order valence-corrected chi connectivity index (χ2v) is 9.56. The molecule has 2 heterocycles. The number of benzene rings is 4. The molecule has 182 valence electrons. The second-order valence-electron chi connectivity index (χ2n) is 9.13. The van der Waals surface area contributed by atoms with Crippen molar-refractivity contribution in [2.24, 2.45) is 0 Å². The molecule has 5 nitrogen and oxygen atoms in total. The van der Waals surface area contributed by atoms with Crippen LogP contribution in [-0.4, -0.2) is 17.4 Å². The summed E-state index contributed by atoms with van der Waals surface area (Å²) in [5.41, 5.74) is 5.48. The number of ether oxygens (including phenoxy) is 1. The molecule has 0 saturated heterocycles. The van der Waals surface area contributed by atoms with Gasteiger partial charge in [0, 0.05) is 28.2 Å². The number of hydrogen-bond donors (Lipinski definition) is 1. The van der Waals surface area contributed by atoms with Crippen LogP contribution in [0.15, 0.2) is 97.1 Å². The Morgan fingerprint density at radius 2 is 1.76 bits per heavy atom. The molecule has 1 aromatic heterocycles. The third-order valence-corrected chi connectivity index (χ3v) is 6.73. The molecule has 0 saturated carbocycles. The molecule has 1 aliphatic rings. The fourth-order valence-electron chi connectivity index (χ4n) is 4.61. The lowest BCUT2D eigenvalue weighted by Gasteiger charge is -2.19. The molecule has 0 radical (unpaired) electrons. The Labute approximate surface area is 220 Å². The highest BCUT2D eigenvalue weighted by Gasteiger charge is 2.23. The minimum atomic E-state index is -0.242. The lowest BCUT2D eigenvalue weighted by molar-refractivity contribution is 0.102. The smallest absolute Gasteiger partial charge is 0.255 e. The van der Waals surface area contributed by atoms with Crippen molar-refractivity contribution >= 4 is 45.6 Å². The molecule has 0 aliphatic carbocycles. The summed E-state index contributed by atoms with van der Waals surface area (Å²) in [7, 11) is 0. The number of anilines is 3. The predicted molar refractivity (Wildman–Crippen MR) is 150 cm³/mol. The fourth-order valence-corrected chi connectivity index (χ4v) is 4.78. The number of amides is 1. The summed E-state index contributed by atoms with van der Waals surface area (Å²) in [6, 6.07) is 30.8. The summed E-state index contributed by atoms with van der Waals surface area (Å²) in [5, 5.41) is 4.61. The van der Waals surface area contributed by atoms with Crippen molar-refractivity contribution in [2.75, 3.05) is 16.8 Å². The molecule has 4 aromatic carbocycles. The first-order valence-electron chi connectivity index (χ1n) is 12.2. The van der Waals surface area contributed by atoms with Crippen LogP contribution in [0.5, 0.6) is 11.5 Å². The average molecular weight is 506 g/mol. The molecule has 0 unspecified atom stereocenters. The van der Waals surface area contributed by atoms with Gasteiger partial charge >= 0.3 is 0 Å². The van der Waals surface area contributed by atoms with E-state index in [1.54, 1.807) is 18.2 Å². The minimum Gasteiger partial charge on any atom is -0.455 e. The summed E-state index contributed by atoms with van der Waals surface area (Å²) in [5.74, 6) is 1.93. The first-order chi connectivity index (χ1) is 18.0. The Balaban J connectivity index is 1.22. The number of pyridine rings is 1. The normalized spacial score (nSPS) is 12.4. The van der Waals surface area contributed by atoms with E-state index in [2.05, 4.69) is 41.4 Å². The van der Waals surface area contributed by atoms with E-state index in [0.29, 0.717) is 27.8 Å². The van der Waals surface area contributed by atoms with Crippen molar-refractivity contribution in [3.05, 3.63) is 119 Å². The Morgan fingerprint density at radius 1 is 0.946 bits per heavy atom. The van der Waals surface area contributed by atoms with Crippen molar-refractivity contribution in [1.29, 1.82) is 0 Å². The van der Waals surface area contributed by atoms with Gasteiger partial charge in [0.05, 0.1) is 11.2 Å². The molecule has 0 fully saturated rings. The lowest BCUT2D eigenvalue weighted by atomic mass is 10.1. The molecular weight excluding hydrogens is 482 g/mol. The summed E-state index contributed by atoms with van der Waals surface area (Å²) in [4.78, 5) is 20.3. The molecule has 1 amide bonds. The van der Waals surface area contributed by atoms with Crippen LogP contribution in [0.2, 0.25) is 5.02 Å². The van der Waals surface area contributed by atoms with E-state index in [1.165, 1.54) is 11.1 Å². The lowest BCUT2D eigenvalue weighted by Crippen LogP contribution is -2.16. The number of hydrogen-bond acceptors (Lipinski definition) is 4. The molecule has 1 aliphatic heterocycles. The third-order valence-electron chi connectivity index (χ3n) is 6.49. The van der Waals surface area contributed by atoms with Gasteiger partial charge in [-0.3, -0.25) is 4.79 Å². The molecule has 37 heavy (non-hydrogen) atoms. The van der Waals surface area contributed by atoms with Gasteiger partial charge in [0.25, 0.3) is 5.91 Å². The maximum Gasteiger partial charge on any atom is 0.255 e. The van der Waals surface area contributed by atoms with E-state index in [0.717, 1.165) is 35.4 Å².